The molecule has 0 aromatic carbocycles. The molecule has 3 fully saturated rings. The first-order chi connectivity index (χ1) is 11.5. The second-order valence-electron chi connectivity index (χ2n) is 8.93. The minimum Gasteiger partial charge on any atom is -0.462 e. The molecule has 0 unspecified atom stereocenters. The summed E-state index contributed by atoms with van der Waals surface area (Å²) in [5.74, 6) is 0.572. The van der Waals surface area contributed by atoms with Gasteiger partial charge in [0.25, 0.3) is 0 Å². The second kappa shape index (κ2) is 6.14. The van der Waals surface area contributed by atoms with Gasteiger partial charge in [0.2, 0.25) is 0 Å². The van der Waals surface area contributed by atoms with Gasteiger partial charge in [-0.05, 0) is 51.5 Å². The van der Waals surface area contributed by atoms with Crippen molar-refractivity contribution < 1.29 is 9.53 Å². The van der Waals surface area contributed by atoms with E-state index in [-0.39, 0.29) is 23.4 Å². The molecule has 2 aliphatic carbocycles. The van der Waals surface area contributed by atoms with Crippen molar-refractivity contribution in [3.63, 3.8) is 0 Å². The third kappa shape index (κ3) is 2.82. The molecule has 0 amide bonds. The van der Waals surface area contributed by atoms with Gasteiger partial charge >= 0.3 is 5.97 Å². The zero-order chi connectivity index (χ0) is 16.9. The van der Waals surface area contributed by atoms with Gasteiger partial charge in [-0.3, -0.25) is 9.69 Å². The Morgan fingerprint density at radius 3 is 2.75 bits per heavy atom. The van der Waals surface area contributed by atoms with Gasteiger partial charge in [0.15, 0.2) is 0 Å². The lowest BCUT2D eigenvalue weighted by Gasteiger charge is -2.46. The molecule has 2 saturated heterocycles. The van der Waals surface area contributed by atoms with Crippen molar-refractivity contribution in [3.05, 3.63) is 11.1 Å². The minimum absolute atomic E-state index is 0.0735. The van der Waals surface area contributed by atoms with Crippen LogP contribution in [-0.4, -0.2) is 61.6 Å². The monoisotopic (exact) mass is 332 g/mol. The number of carbonyl (C=O) groups is 1. The molecule has 0 aromatic heterocycles. The summed E-state index contributed by atoms with van der Waals surface area (Å²) >= 11 is 0. The fourth-order valence-electron chi connectivity index (χ4n) is 5.63. The van der Waals surface area contributed by atoms with Crippen molar-refractivity contribution >= 4 is 5.97 Å². The Kier molecular flexibility index (Phi) is 4.24. The number of hydrogen-bond acceptors (Lipinski definition) is 4. The number of piperazine rings is 1. The number of nitrogens with zero attached hydrogens (tertiary/aromatic N) is 2. The largest absolute Gasteiger partial charge is 0.462 e. The third-order valence-corrected chi connectivity index (χ3v) is 7.23. The Hall–Kier alpha value is -0.870. The smallest absolute Gasteiger partial charge is 0.310 e. The van der Waals surface area contributed by atoms with Gasteiger partial charge in [-0.25, -0.2) is 0 Å². The van der Waals surface area contributed by atoms with E-state index in [1.165, 1.54) is 19.3 Å². The number of esters is 1. The zero-order valence-corrected chi connectivity index (χ0v) is 15.5. The average molecular weight is 332 g/mol. The van der Waals surface area contributed by atoms with Crippen LogP contribution in [0.25, 0.3) is 0 Å². The molecule has 2 aliphatic heterocycles. The van der Waals surface area contributed by atoms with Crippen LogP contribution in [0.5, 0.6) is 0 Å². The predicted molar refractivity (Wildman–Crippen MR) is 94.7 cm³/mol. The van der Waals surface area contributed by atoms with Crippen molar-refractivity contribution in [3.8, 4) is 0 Å². The summed E-state index contributed by atoms with van der Waals surface area (Å²) in [7, 11) is 2.18. The highest BCUT2D eigenvalue weighted by molar-refractivity contribution is 5.76. The van der Waals surface area contributed by atoms with Crippen LogP contribution in [0.1, 0.15) is 46.0 Å². The van der Waals surface area contributed by atoms with Crippen molar-refractivity contribution in [1.82, 2.24) is 9.80 Å². The van der Waals surface area contributed by atoms with Crippen molar-refractivity contribution in [2.24, 2.45) is 17.3 Å². The summed E-state index contributed by atoms with van der Waals surface area (Å²) in [5.41, 5.74) is 3.54. The lowest BCUT2D eigenvalue weighted by Crippen LogP contribution is -2.48. The second-order valence-corrected chi connectivity index (χ2v) is 8.93. The van der Waals surface area contributed by atoms with Crippen LogP contribution in [0.4, 0.5) is 0 Å². The Balaban J connectivity index is 1.50. The SMILES string of the molecule is CC1=C2C[C@@H]3[C@H](CN4CCN(C)CC4)C(=O)O[C@@H]3C[C@]2(C)CCC1. The standard InChI is InChI=1S/C20H32N2O2/c1-14-5-4-6-20(2)12-18-15(11-17(14)20)16(19(23)24-18)13-22-9-7-21(3)8-10-22/h15-16,18H,4-13H2,1-3H3/t15-,16+,18-,20+/m1/s1. The van der Waals surface area contributed by atoms with Gasteiger partial charge in [0, 0.05) is 38.6 Å². The number of rotatable bonds is 2. The highest BCUT2D eigenvalue weighted by Gasteiger charge is 2.53. The van der Waals surface area contributed by atoms with E-state index in [1.807, 2.05) is 0 Å². The van der Waals surface area contributed by atoms with E-state index in [0.717, 1.165) is 45.6 Å². The number of hydrogen-bond donors (Lipinski definition) is 0. The van der Waals surface area contributed by atoms with Gasteiger partial charge in [-0.1, -0.05) is 18.1 Å². The molecule has 24 heavy (non-hydrogen) atoms. The van der Waals surface area contributed by atoms with Crippen LogP contribution in [0.15, 0.2) is 11.1 Å². The van der Waals surface area contributed by atoms with Crippen LogP contribution >= 0.6 is 0 Å². The normalized spacial score (nSPS) is 41.1. The maximum atomic E-state index is 12.6. The topological polar surface area (TPSA) is 32.8 Å². The zero-order valence-electron chi connectivity index (χ0n) is 15.5. The van der Waals surface area contributed by atoms with E-state index in [9.17, 15) is 4.79 Å². The fraction of sp³-hybridized carbons (Fsp3) is 0.850. The van der Waals surface area contributed by atoms with Crippen molar-refractivity contribution in [2.45, 2.75) is 52.1 Å². The molecule has 4 rings (SSSR count). The molecule has 0 spiro atoms. The number of carbonyl (C=O) groups excluding carboxylic acids is 1. The van der Waals surface area contributed by atoms with E-state index in [2.05, 4.69) is 30.7 Å². The van der Waals surface area contributed by atoms with Crippen LogP contribution in [0.2, 0.25) is 0 Å². The number of likely N-dealkylation sites (N-methyl/N-ethyl adjacent to an activating group) is 1. The summed E-state index contributed by atoms with van der Waals surface area (Å²) in [4.78, 5) is 17.4. The molecule has 0 radical (unpaired) electrons. The summed E-state index contributed by atoms with van der Waals surface area (Å²) in [5, 5.41) is 0. The number of fused-ring (bicyclic) bond motifs is 2. The highest BCUT2D eigenvalue weighted by atomic mass is 16.6. The summed E-state index contributed by atoms with van der Waals surface area (Å²) < 4.78 is 5.89. The maximum absolute atomic E-state index is 12.6. The molecule has 0 N–H and O–H groups in total. The van der Waals surface area contributed by atoms with Crippen LogP contribution in [0.3, 0.4) is 0 Å². The van der Waals surface area contributed by atoms with Crippen molar-refractivity contribution in [1.29, 1.82) is 0 Å². The van der Waals surface area contributed by atoms with Gasteiger partial charge in [-0.15, -0.1) is 0 Å². The fourth-order valence-corrected chi connectivity index (χ4v) is 5.63. The molecule has 0 aromatic rings. The minimum atomic E-state index is 0.0735. The highest BCUT2D eigenvalue weighted by Crippen LogP contribution is 2.55. The maximum Gasteiger partial charge on any atom is 0.310 e. The molecule has 4 nitrogen and oxygen atoms in total. The first kappa shape index (κ1) is 16.6. The van der Waals surface area contributed by atoms with Crippen molar-refractivity contribution in [2.75, 3.05) is 39.8 Å². The Morgan fingerprint density at radius 1 is 1.25 bits per heavy atom. The Morgan fingerprint density at radius 2 is 2.00 bits per heavy atom. The lowest BCUT2D eigenvalue weighted by atomic mass is 9.59. The van der Waals surface area contributed by atoms with E-state index < -0.39 is 0 Å². The number of allylic oxidation sites excluding steroid dienone is 2. The molecular formula is C20H32N2O2. The lowest BCUT2D eigenvalue weighted by molar-refractivity contribution is -0.145. The Bertz CT molecular complexity index is 550. The first-order valence-corrected chi connectivity index (χ1v) is 9.77. The predicted octanol–water partition coefficient (Wildman–Crippen LogP) is 2.69. The molecule has 4 aliphatic rings. The van der Waals surface area contributed by atoms with Gasteiger partial charge in [0.05, 0.1) is 5.92 Å². The molecule has 2 heterocycles. The first-order valence-electron chi connectivity index (χ1n) is 9.77. The quantitative estimate of drug-likeness (QED) is 0.575. The van der Waals surface area contributed by atoms with Crippen LogP contribution in [-0.2, 0) is 9.53 Å². The van der Waals surface area contributed by atoms with Gasteiger partial charge in [0.1, 0.15) is 6.10 Å². The van der Waals surface area contributed by atoms with Gasteiger partial charge in [-0.2, -0.15) is 0 Å². The third-order valence-electron chi connectivity index (χ3n) is 7.23. The molecule has 134 valence electrons. The van der Waals surface area contributed by atoms with E-state index in [0.29, 0.717) is 5.92 Å². The van der Waals surface area contributed by atoms with Gasteiger partial charge < -0.3 is 9.64 Å². The molecule has 4 atom stereocenters. The average Bonchev–Trinajstić information content (AvgIpc) is 2.82. The number of ether oxygens (including phenoxy) is 1. The summed E-state index contributed by atoms with van der Waals surface area (Å²) in [6.07, 6.45) is 6.12. The van der Waals surface area contributed by atoms with Crippen LogP contribution in [0, 0.1) is 17.3 Å². The summed E-state index contributed by atoms with van der Waals surface area (Å²) in [6.45, 7) is 10.0. The van der Waals surface area contributed by atoms with E-state index >= 15 is 0 Å². The molecule has 0 bridgehead atoms. The Labute approximate surface area is 146 Å². The van der Waals surface area contributed by atoms with E-state index in [4.69, 9.17) is 4.74 Å². The molecular weight excluding hydrogens is 300 g/mol. The molecule has 4 heteroatoms. The molecule has 1 saturated carbocycles. The van der Waals surface area contributed by atoms with Crippen LogP contribution < -0.4 is 0 Å². The van der Waals surface area contributed by atoms with E-state index in [1.54, 1.807) is 11.1 Å². The summed E-state index contributed by atoms with van der Waals surface area (Å²) in [6, 6.07) is 0.